The van der Waals surface area contributed by atoms with Crippen LogP contribution in [0, 0.1) is 0 Å². The fraction of sp³-hybridized carbons (Fsp3) is 0.0714. The number of thiophene rings is 1. The van der Waals surface area contributed by atoms with Crippen LogP contribution in [0.4, 0.5) is 0 Å². The van der Waals surface area contributed by atoms with Crippen LogP contribution in [-0.4, -0.2) is 9.55 Å². The van der Waals surface area contributed by atoms with E-state index in [1.807, 2.05) is 24.7 Å². The highest BCUT2D eigenvalue weighted by Gasteiger charge is 2.10. The highest BCUT2D eigenvalue weighted by molar-refractivity contribution is 7.26. The van der Waals surface area contributed by atoms with Crippen LogP contribution in [0.3, 0.4) is 0 Å². The Balaban J connectivity index is 2.34. The van der Waals surface area contributed by atoms with Crippen LogP contribution >= 0.6 is 11.3 Å². The third-order valence-electron chi connectivity index (χ3n) is 3.24. The predicted molar refractivity (Wildman–Crippen MR) is 73.6 cm³/mol. The molecule has 4 aromatic rings. The van der Waals surface area contributed by atoms with E-state index in [0.717, 1.165) is 5.52 Å². The maximum atomic E-state index is 4.52. The summed E-state index contributed by atoms with van der Waals surface area (Å²) in [5.74, 6) is 0. The standard InChI is InChI=1S/C14H10N2S/c1-16-8-15-13-11(16)7-6-10-9-4-2-3-5-12(9)17-14(10)13/h2-8H,1H3. The molecule has 0 aliphatic rings. The Kier molecular flexibility index (Phi) is 1.66. The molecule has 2 aromatic heterocycles. The second-order valence-corrected chi connectivity index (χ2v) is 5.32. The van der Waals surface area contributed by atoms with Crippen LogP contribution in [-0.2, 0) is 7.05 Å². The fourth-order valence-electron chi connectivity index (χ4n) is 2.38. The topological polar surface area (TPSA) is 17.8 Å². The summed E-state index contributed by atoms with van der Waals surface area (Å²) in [6, 6.07) is 12.9. The van der Waals surface area contributed by atoms with Crippen LogP contribution < -0.4 is 0 Å². The molecule has 82 valence electrons. The third-order valence-corrected chi connectivity index (χ3v) is 4.43. The van der Waals surface area contributed by atoms with Gasteiger partial charge in [0.1, 0.15) is 5.52 Å². The van der Waals surface area contributed by atoms with Gasteiger partial charge in [0.05, 0.1) is 16.5 Å². The van der Waals surface area contributed by atoms with Gasteiger partial charge in [0.15, 0.2) is 0 Å². The molecule has 0 unspecified atom stereocenters. The molecule has 4 rings (SSSR count). The third kappa shape index (κ3) is 1.12. The Labute approximate surface area is 102 Å². The van der Waals surface area contributed by atoms with Crippen LogP contribution in [0.25, 0.3) is 31.2 Å². The Bertz CT molecular complexity index is 854. The highest BCUT2D eigenvalue weighted by atomic mass is 32.1. The van der Waals surface area contributed by atoms with Crippen molar-refractivity contribution in [2.24, 2.45) is 7.05 Å². The molecule has 0 radical (unpaired) electrons. The molecule has 0 fully saturated rings. The number of imidazole rings is 1. The van der Waals surface area contributed by atoms with Crippen molar-refractivity contribution in [3.8, 4) is 0 Å². The molecule has 0 bridgehead atoms. The largest absolute Gasteiger partial charge is 0.334 e. The van der Waals surface area contributed by atoms with E-state index in [1.165, 1.54) is 25.7 Å². The molecule has 0 saturated heterocycles. The van der Waals surface area contributed by atoms with Gasteiger partial charge in [0.2, 0.25) is 0 Å². The van der Waals surface area contributed by atoms with E-state index >= 15 is 0 Å². The maximum absolute atomic E-state index is 4.52. The lowest BCUT2D eigenvalue weighted by Crippen LogP contribution is -1.82. The van der Waals surface area contributed by atoms with Crippen molar-refractivity contribution < 1.29 is 0 Å². The van der Waals surface area contributed by atoms with Gasteiger partial charge in [-0.2, -0.15) is 0 Å². The van der Waals surface area contributed by atoms with Crippen molar-refractivity contribution in [1.29, 1.82) is 0 Å². The Morgan fingerprint density at radius 2 is 1.94 bits per heavy atom. The van der Waals surface area contributed by atoms with E-state index in [2.05, 4.69) is 45.9 Å². The van der Waals surface area contributed by atoms with Crippen molar-refractivity contribution in [3.63, 3.8) is 0 Å². The van der Waals surface area contributed by atoms with Gasteiger partial charge in [-0.15, -0.1) is 11.3 Å². The minimum atomic E-state index is 1.12. The number of aromatic nitrogens is 2. The molecule has 0 N–H and O–H groups in total. The predicted octanol–water partition coefficient (Wildman–Crippen LogP) is 3.94. The first-order valence-electron chi connectivity index (χ1n) is 5.56. The van der Waals surface area contributed by atoms with Crippen molar-refractivity contribution in [1.82, 2.24) is 9.55 Å². The first-order chi connectivity index (χ1) is 8.34. The van der Waals surface area contributed by atoms with E-state index in [9.17, 15) is 0 Å². The van der Waals surface area contributed by atoms with E-state index in [-0.39, 0.29) is 0 Å². The Hall–Kier alpha value is -1.87. The number of fused-ring (bicyclic) bond motifs is 5. The molecule has 0 saturated carbocycles. The van der Waals surface area contributed by atoms with Crippen molar-refractivity contribution in [2.75, 3.05) is 0 Å². The van der Waals surface area contributed by atoms with Crippen LogP contribution in [0.2, 0.25) is 0 Å². The lowest BCUT2D eigenvalue weighted by molar-refractivity contribution is 0.948. The molecule has 0 aliphatic heterocycles. The minimum Gasteiger partial charge on any atom is -0.334 e. The van der Waals surface area contributed by atoms with E-state index in [4.69, 9.17) is 0 Å². The minimum absolute atomic E-state index is 1.12. The summed E-state index contributed by atoms with van der Waals surface area (Å²) in [4.78, 5) is 4.52. The summed E-state index contributed by atoms with van der Waals surface area (Å²) in [5.41, 5.74) is 2.32. The second-order valence-electron chi connectivity index (χ2n) is 4.26. The monoisotopic (exact) mass is 238 g/mol. The average molecular weight is 238 g/mol. The lowest BCUT2D eigenvalue weighted by Gasteiger charge is -1.95. The molecule has 0 spiro atoms. The fourth-order valence-corrected chi connectivity index (χ4v) is 3.58. The molecular formula is C14H10N2S. The lowest BCUT2D eigenvalue weighted by atomic mass is 10.1. The SMILES string of the molecule is Cn1cnc2c3sc4ccccc4c3ccc21. The zero-order valence-electron chi connectivity index (χ0n) is 9.34. The Morgan fingerprint density at radius 1 is 1.06 bits per heavy atom. The van der Waals surface area contributed by atoms with Crippen molar-refractivity contribution in [2.45, 2.75) is 0 Å². The number of aryl methyl sites for hydroxylation is 1. The first-order valence-corrected chi connectivity index (χ1v) is 6.37. The number of hydrogen-bond donors (Lipinski definition) is 0. The van der Waals surface area contributed by atoms with Gasteiger partial charge in [-0.05, 0) is 12.1 Å². The van der Waals surface area contributed by atoms with Gasteiger partial charge in [-0.25, -0.2) is 4.98 Å². The summed E-state index contributed by atoms with van der Waals surface area (Å²) < 4.78 is 4.70. The normalized spacial score (nSPS) is 11.8. The molecular weight excluding hydrogens is 228 g/mol. The summed E-state index contributed by atoms with van der Waals surface area (Å²) >= 11 is 1.83. The average Bonchev–Trinajstić information content (AvgIpc) is 2.90. The van der Waals surface area contributed by atoms with E-state index < -0.39 is 0 Å². The van der Waals surface area contributed by atoms with Gasteiger partial charge >= 0.3 is 0 Å². The number of hydrogen-bond acceptors (Lipinski definition) is 2. The van der Waals surface area contributed by atoms with Gasteiger partial charge in [-0.1, -0.05) is 24.3 Å². The summed E-state index contributed by atoms with van der Waals surface area (Å²) in [5, 5.41) is 2.65. The van der Waals surface area contributed by atoms with Crippen molar-refractivity contribution >= 4 is 42.5 Å². The molecule has 0 atom stereocenters. The van der Waals surface area contributed by atoms with E-state index in [0.29, 0.717) is 0 Å². The van der Waals surface area contributed by atoms with Crippen LogP contribution in [0.15, 0.2) is 42.7 Å². The van der Waals surface area contributed by atoms with Gasteiger partial charge in [0, 0.05) is 22.5 Å². The first kappa shape index (κ1) is 9.19. The van der Waals surface area contributed by atoms with Gasteiger partial charge in [0.25, 0.3) is 0 Å². The Morgan fingerprint density at radius 3 is 2.88 bits per heavy atom. The second kappa shape index (κ2) is 3.08. The smallest absolute Gasteiger partial charge is 0.106 e. The molecule has 2 nitrogen and oxygen atoms in total. The summed E-state index contributed by atoms with van der Waals surface area (Å²) in [6.45, 7) is 0. The van der Waals surface area contributed by atoms with Gasteiger partial charge < -0.3 is 4.57 Å². The van der Waals surface area contributed by atoms with Crippen LogP contribution in [0.1, 0.15) is 0 Å². The zero-order chi connectivity index (χ0) is 11.4. The molecule has 2 aromatic carbocycles. The number of benzene rings is 2. The molecule has 0 aliphatic carbocycles. The summed E-state index contributed by atoms with van der Waals surface area (Å²) in [7, 11) is 2.04. The van der Waals surface area contributed by atoms with E-state index in [1.54, 1.807) is 0 Å². The van der Waals surface area contributed by atoms with Gasteiger partial charge in [-0.3, -0.25) is 0 Å². The molecule has 17 heavy (non-hydrogen) atoms. The van der Waals surface area contributed by atoms with Crippen molar-refractivity contribution in [3.05, 3.63) is 42.7 Å². The highest BCUT2D eigenvalue weighted by Crippen LogP contribution is 2.37. The molecule has 3 heteroatoms. The number of rotatable bonds is 0. The van der Waals surface area contributed by atoms with Crippen LogP contribution in [0.5, 0.6) is 0 Å². The molecule has 0 amide bonds. The molecule has 2 heterocycles. The zero-order valence-corrected chi connectivity index (χ0v) is 10.2. The maximum Gasteiger partial charge on any atom is 0.106 e. The number of nitrogens with zero attached hydrogens (tertiary/aromatic N) is 2. The quantitative estimate of drug-likeness (QED) is 0.453. The summed E-state index contributed by atoms with van der Waals surface area (Å²) in [6.07, 6.45) is 1.88.